The monoisotopic (exact) mass is 323 g/mol. The van der Waals surface area contributed by atoms with Gasteiger partial charge < -0.3 is 10.5 Å². The van der Waals surface area contributed by atoms with Crippen LogP contribution >= 0.6 is 0 Å². The van der Waals surface area contributed by atoms with Gasteiger partial charge in [-0.1, -0.05) is 6.07 Å². The molecule has 3 aromatic heterocycles. The van der Waals surface area contributed by atoms with Gasteiger partial charge in [0.15, 0.2) is 5.82 Å². The summed E-state index contributed by atoms with van der Waals surface area (Å²) in [4.78, 5) is 20.1. The van der Waals surface area contributed by atoms with Gasteiger partial charge >= 0.3 is 0 Å². The van der Waals surface area contributed by atoms with Gasteiger partial charge in [-0.05, 0) is 24.6 Å². The molecule has 0 saturated carbocycles. The molecule has 4 rings (SSSR count). The fraction of sp³-hybridized carbons (Fsp3) is 0.294. The Labute approximate surface area is 138 Å². The zero-order valence-electron chi connectivity index (χ0n) is 13.1. The quantitative estimate of drug-likeness (QED) is 0.782. The lowest BCUT2D eigenvalue weighted by atomic mass is 10.0. The molecule has 3 aromatic rings. The second-order valence-electron chi connectivity index (χ2n) is 5.92. The van der Waals surface area contributed by atoms with Crippen molar-refractivity contribution in [2.45, 2.75) is 18.8 Å². The van der Waals surface area contributed by atoms with Crippen LogP contribution in [0.1, 0.15) is 23.7 Å². The lowest BCUT2D eigenvalue weighted by Gasteiger charge is -2.09. The van der Waals surface area contributed by atoms with Crippen LogP contribution in [-0.2, 0) is 16.0 Å². The summed E-state index contributed by atoms with van der Waals surface area (Å²) in [6, 6.07) is 7.75. The van der Waals surface area contributed by atoms with E-state index in [0.29, 0.717) is 18.2 Å². The second-order valence-corrected chi connectivity index (χ2v) is 5.92. The van der Waals surface area contributed by atoms with E-state index in [1.165, 1.54) is 0 Å². The van der Waals surface area contributed by atoms with E-state index < -0.39 is 5.91 Å². The molecule has 0 aromatic carbocycles. The molecule has 1 atom stereocenters. The Morgan fingerprint density at radius 1 is 1.38 bits per heavy atom. The summed E-state index contributed by atoms with van der Waals surface area (Å²) < 4.78 is 7.22. The van der Waals surface area contributed by atoms with Gasteiger partial charge in [-0.2, -0.15) is 5.10 Å². The molecule has 0 spiro atoms. The van der Waals surface area contributed by atoms with Crippen LogP contribution in [0.25, 0.3) is 16.7 Å². The smallest absolute Gasteiger partial charge is 0.223 e. The Morgan fingerprint density at radius 2 is 2.29 bits per heavy atom. The molecule has 0 aliphatic carbocycles. The molecule has 0 bridgehead atoms. The zero-order chi connectivity index (χ0) is 16.5. The fourth-order valence-electron chi connectivity index (χ4n) is 2.97. The van der Waals surface area contributed by atoms with Crippen LogP contribution in [0.3, 0.4) is 0 Å². The predicted molar refractivity (Wildman–Crippen MR) is 87.7 cm³/mol. The number of nitrogens with two attached hydrogens (primary N) is 1. The Hall–Kier alpha value is -2.80. The van der Waals surface area contributed by atoms with Gasteiger partial charge in [-0.3, -0.25) is 9.78 Å². The molecule has 122 valence electrons. The van der Waals surface area contributed by atoms with Crippen LogP contribution < -0.4 is 5.73 Å². The van der Waals surface area contributed by atoms with Crippen molar-refractivity contribution < 1.29 is 9.53 Å². The SMILES string of the molecule is NC(=O)Cc1cc2c(cn1)cnn2-c1cccc(C2CCOC2)n1. The maximum Gasteiger partial charge on any atom is 0.223 e. The Balaban J connectivity index is 1.75. The number of ether oxygens (including phenoxy) is 1. The number of nitrogens with zero attached hydrogens (tertiary/aromatic N) is 4. The highest BCUT2D eigenvalue weighted by Gasteiger charge is 2.19. The van der Waals surface area contributed by atoms with Crippen molar-refractivity contribution in [2.75, 3.05) is 13.2 Å². The Bertz CT molecular complexity index is 899. The third kappa shape index (κ3) is 2.74. The van der Waals surface area contributed by atoms with Crippen molar-refractivity contribution in [1.82, 2.24) is 19.7 Å². The Kier molecular flexibility index (Phi) is 3.70. The number of rotatable bonds is 4. The number of aromatic nitrogens is 4. The first kappa shape index (κ1) is 14.8. The highest BCUT2D eigenvalue weighted by molar-refractivity contribution is 5.81. The standard InChI is InChI=1S/C17H17N5O2/c18-16(23)7-13-6-15-12(8-19-13)9-20-22(15)17-3-1-2-14(21-17)11-4-5-24-10-11/h1-3,6,8-9,11H,4-5,7,10H2,(H2,18,23). The summed E-state index contributed by atoms with van der Waals surface area (Å²) in [6.07, 6.45) is 4.53. The van der Waals surface area contributed by atoms with Gasteiger partial charge in [-0.25, -0.2) is 9.67 Å². The van der Waals surface area contributed by atoms with Crippen LogP contribution in [0, 0.1) is 0 Å². The van der Waals surface area contributed by atoms with Crippen molar-refractivity contribution in [1.29, 1.82) is 0 Å². The summed E-state index contributed by atoms with van der Waals surface area (Å²) >= 11 is 0. The van der Waals surface area contributed by atoms with E-state index in [2.05, 4.69) is 10.1 Å². The van der Waals surface area contributed by atoms with Crippen molar-refractivity contribution in [3.63, 3.8) is 0 Å². The molecular formula is C17H17N5O2. The molecule has 0 radical (unpaired) electrons. The molecule has 7 nitrogen and oxygen atoms in total. The van der Waals surface area contributed by atoms with E-state index >= 15 is 0 Å². The largest absolute Gasteiger partial charge is 0.381 e. The predicted octanol–water partition coefficient (Wildman–Crippen LogP) is 1.35. The van der Waals surface area contributed by atoms with Crippen LogP contribution in [-0.4, -0.2) is 38.9 Å². The summed E-state index contributed by atoms with van der Waals surface area (Å²) in [5.74, 6) is 0.666. The van der Waals surface area contributed by atoms with Gasteiger partial charge in [0.2, 0.25) is 5.91 Å². The molecule has 1 amide bonds. The topological polar surface area (TPSA) is 95.9 Å². The molecule has 1 saturated heterocycles. The molecule has 7 heteroatoms. The average molecular weight is 323 g/mol. The van der Waals surface area contributed by atoms with Gasteiger partial charge in [0, 0.05) is 29.8 Å². The number of carbonyl (C=O) groups excluding carboxylic acids is 1. The maximum atomic E-state index is 11.1. The maximum absolute atomic E-state index is 11.1. The van der Waals surface area contributed by atoms with Crippen LogP contribution in [0.5, 0.6) is 0 Å². The van der Waals surface area contributed by atoms with Crippen molar-refractivity contribution in [3.05, 3.63) is 48.0 Å². The van der Waals surface area contributed by atoms with E-state index in [9.17, 15) is 4.79 Å². The number of pyridine rings is 2. The van der Waals surface area contributed by atoms with Crippen molar-refractivity contribution in [2.24, 2.45) is 5.73 Å². The van der Waals surface area contributed by atoms with E-state index in [0.717, 1.165) is 35.4 Å². The summed E-state index contributed by atoms with van der Waals surface area (Å²) in [5, 5.41) is 5.31. The number of hydrogen-bond acceptors (Lipinski definition) is 5. The number of hydrogen-bond donors (Lipinski definition) is 1. The molecule has 1 aliphatic rings. The van der Waals surface area contributed by atoms with Crippen LogP contribution in [0.2, 0.25) is 0 Å². The fourth-order valence-corrected chi connectivity index (χ4v) is 2.97. The van der Waals surface area contributed by atoms with Gasteiger partial charge in [0.05, 0.1) is 30.4 Å². The molecule has 24 heavy (non-hydrogen) atoms. The summed E-state index contributed by atoms with van der Waals surface area (Å²) in [6.45, 7) is 1.49. The molecule has 1 unspecified atom stereocenters. The summed E-state index contributed by atoms with van der Waals surface area (Å²) in [5.41, 5.74) is 7.75. The van der Waals surface area contributed by atoms with E-state index in [1.807, 2.05) is 24.3 Å². The van der Waals surface area contributed by atoms with Crippen molar-refractivity contribution in [3.8, 4) is 5.82 Å². The third-order valence-electron chi connectivity index (χ3n) is 4.19. The zero-order valence-corrected chi connectivity index (χ0v) is 13.1. The molecule has 2 N–H and O–H groups in total. The highest BCUT2D eigenvalue weighted by Crippen LogP contribution is 2.25. The van der Waals surface area contributed by atoms with E-state index in [4.69, 9.17) is 15.5 Å². The van der Waals surface area contributed by atoms with Gasteiger partial charge in [0.25, 0.3) is 0 Å². The van der Waals surface area contributed by atoms with Crippen LogP contribution in [0.4, 0.5) is 0 Å². The van der Waals surface area contributed by atoms with Gasteiger partial charge in [-0.15, -0.1) is 0 Å². The van der Waals surface area contributed by atoms with Gasteiger partial charge in [0.1, 0.15) is 0 Å². The second kappa shape index (κ2) is 6.01. The first-order valence-electron chi connectivity index (χ1n) is 7.87. The summed E-state index contributed by atoms with van der Waals surface area (Å²) in [7, 11) is 0. The normalized spacial score (nSPS) is 17.4. The Morgan fingerprint density at radius 3 is 3.08 bits per heavy atom. The minimum atomic E-state index is -0.408. The molecule has 1 aliphatic heterocycles. The number of primary amides is 1. The lowest BCUT2D eigenvalue weighted by Crippen LogP contribution is -2.14. The molecule has 4 heterocycles. The lowest BCUT2D eigenvalue weighted by molar-refractivity contribution is -0.117. The number of amides is 1. The first-order chi connectivity index (χ1) is 11.7. The number of carbonyl (C=O) groups is 1. The van der Waals surface area contributed by atoms with Crippen LogP contribution in [0.15, 0.2) is 36.7 Å². The minimum Gasteiger partial charge on any atom is -0.381 e. The number of fused-ring (bicyclic) bond motifs is 1. The van der Waals surface area contributed by atoms with Crippen molar-refractivity contribution >= 4 is 16.8 Å². The van der Waals surface area contributed by atoms with E-state index in [1.54, 1.807) is 17.1 Å². The van der Waals surface area contributed by atoms with E-state index in [-0.39, 0.29) is 6.42 Å². The molecular weight excluding hydrogens is 306 g/mol. The third-order valence-corrected chi connectivity index (χ3v) is 4.19. The first-order valence-corrected chi connectivity index (χ1v) is 7.87. The molecule has 1 fully saturated rings. The minimum absolute atomic E-state index is 0.105. The highest BCUT2D eigenvalue weighted by atomic mass is 16.5. The average Bonchev–Trinajstić information content (AvgIpc) is 3.24.